The molecule has 0 saturated carbocycles. The molecule has 0 bridgehead atoms. The molecule has 0 spiro atoms. The minimum Gasteiger partial charge on any atom is -0.451 e. The Hall–Kier alpha value is -1.64. The third-order valence-corrected chi connectivity index (χ3v) is 3.02. The van der Waals surface area contributed by atoms with E-state index in [0.29, 0.717) is 16.7 Å². The van der Waals surface area contributed by atoms with E-state index in [2.05, 4.69) is 25.9 Å². The second-order valence-corrected chi connectivity index (χ2v) is 4.63. The van der Waals surface area contributed by atoms with E-state index in [9.17, 15) is 0 Å². The number of halogens is 2. The molecule has 82 valence electrons. The molecular weight excluding hydrogens is 305 g/mol. The number of benzene rings is 1. The maximum atomic E-state index is 8.97. The minimum absolute atomic E-state index is 0.0386. The second-order valence-electron chi connectivity index (χ2n) is 3.37. The number of aromatic nitrogens is 2. The molecule has 3 aromatic rings. The van der Waals surface area contributed by atoms with Gasteiger partial charge < -0.3 is 4.42 Å². The summed E-state index contributed by atoms with van der Waals surface area (Å²) in [5, 5.41) is 9.81. The van der Waals surface area contributed by atoms with Crippen molar-refractivity contribution in [2.75, 3.05) is 0 Å². The van der Waals surface area contributed by atoms with E-state index >= 15 is 0 Å². The van der Waals surface area contributed by atoms with Crippen molar-refractivity contribution in [3.8, 4) is 6.07 Å². The highest BCUT2D eigenvalue weighted by Gasteiger charge is 2.14. The Morgan fingerprint density at radius 1 is 1.35 bits per heavy atom. The van der Waals surface area contributed by atoms with Crippen molar-refractivity contribution >= 4 is 49.6 Å². The highest BCUT2D eigenvalue weighted by atomic mass is 79.9. The summed E-state index contributed by atoms with van der Waals surface area (Å²) in [4.78, 5) is 7.93. The van der Waals surface area contributed by atoms with Gasteiger partial charge in [-0.3, -0.25) is 0 Å². The van der Waals surface area contributed by atoms with E-state index in [4.69, 9.17) is 21.3 Å². The van der Waals surface area contributed by atoms with Crippen molar-refractivity contribution in [3.05, 3.63) is 33.6 Å². The zero-order chi connectivity index (χ0) is 12.0. The van der Waals surface area contributed by atoms with E-state index in [1.807, 2.05) is 18.2 Å². The number of hydrogen-bond acceptors (Lipinski definition) is 4. The normalized spacial score (nSPS) is 10.9. The van der Waals surface area contributed by atoms with Crippen LogP contribution in [0.1, 0.15) is 5.69 Å². The van der Waals surface area contributed by atoms with Crippen LogP contribution < -0.4 is 0 Å². The van der Waals surface area contributed by atoms with E-state index in [1.54, 1.807) is 6.07 Å². The fourth-order valence-electron chi connectivity index (χ4n) is 1.66. The molecule has 0 N–H and O–H groups in total. The average molecular weight is 309 g/mol. The maximum Gasteiger partial charge on any atom is 0.224 e. The number of nitriles is 1. The van der Waals surface area contributed by atoms with E-state index in [1.165, 1.54) is 0 Å². The number of rotatable bonds is 0. The fourth-order valence-corrected chi connectivity index (χ4v) is 2.19. The fraction of sp³-hybridized carbons (Fsp3) is 0. The Kier molecular flexibility index (Phi) is 2.28. The quantitative estimate of drug-likeness (QED) is 0.594. The maximum absolute atomic E-state index is 8.97. The zero-order valence-electron chi connectivity index (χ0n) is 8.24. The van der Waals surface area contributed by atoms with Crippen molar-refractivity contribution in [2.45, 2.75) is 0 Å². The summed E-state index contributed by atoms with van der Waals surface area (Å²) in [6, 6.07) is 7.47. The topological polar surface area (TPSA) is 62.7 Å². The summed E-state index contributed by atoms with van der Waals surface area (Å²) in [6.45, 7) is 0. The lowest BCUT2D eigenvalue weighted by molar-refractivity contribution is 0.664. The van der Waals surface area contributed by atoms with Gasteiger partial charge in [-0.1, -0.05) is 15.9 Å². The molecule has 0 atom stereocenters. The zero-order valence-corrected chi connectivity index (χ0v) is 10.6. The largest absolute Gasteiger partial charge is 0.451 e. The first kappa shape index (κ1) is 10.5. The van der Waals surface area contributed by atoms with Crippen LogP contribution in [0.15, 0.2) is 27.1 Å². The number of hydrogen-bond donors (Lipinski definition) is 0. The standard InChI is InChI=1S/C11H3BrClN3O/c12-5-1-2-8-6(3-5)9-10(17-8)7(4-14)15-11(13)16-9/h1-3H. The Labute approximate surface area is 109 Å². The van der Waals surface area contributed by atoms with Gasteiger partial charge in [0.1, 0.15) is 17.2 Å². The predicted molar refractivity (Wildman–Crippen MR) is 66.7 cm³/mol. The van der Waals surface area contributed by atoms with Gasteiger partial charge in [0.25, 0.3) is 0 Å². The lowest BCUT2D eigenvalue weighted by Crippen LogP contribution is -1.87. The lowest BCUT2D eigenvalue weighted by atomic mass is 10.2. The molecule has 0 amide bonds. The number of furan rings is 1. The summed E-state index contributed by atoms with van der Waals surface area (Å²) < 4.78 is 6.46. The molecule has 0 unspecified atom stereocenters. The van der Waals surface area contributed by atoms with Gasteiger partial charge in [0.05, 0.1) is 0 Å². The van der Waals surface area contributed by atoms with Crippen LogP contribution in [0.25, 0.3) is 22.1 Å². The van der Waals surface area contributed by atoms with Crippen molar-refractivity contribution in [1.29, 1.82) is 5.26 Å². The highest BCUT2D eigenvalue weighted by Crippen LogP contribution is 2.31. The summed E-state index contributed by atoms with van der Waals surface area (Å²) in [7, 11) is 0. The smallest absolute Gasteiger partial charge is 0.224 e. The number of nitrogens with zero attached hydrogens (tertiary/aromatic N) is 3. The van der Waals surface area contributed by atoms with Gasteiger partial charge in [-0.15, -0.1) is 0 Å². The van der Waals surface area contributed by atoms with Crippen molar-refractivity contribution in [1.82, 2.24) is 9.97 Å². The van der Waals surface area contributed by atoms with Crippen molar-refractivity contribution in [3.63, 3.8) is 0 Å². The highest BCUT2D eigenvalue weighted by molar-refractivity contribution is 9.10. The lowest BCUT2D eigenvalue weighted by Gasteiger charge is -1.92. The molecule has 2 aromatic heterocycles. The molecule has 2 heterocycles. The SMILES string of the molecule is N#Cc1nc(Cl)nc2c1oc1ccc(Br)cc12. The molecule has 0 saturated heterocycles. The molecule has 0 radical (unpaired) electrons. The van der Waals surface area contributed by atoms with Crippen LogP contribution in [-0.2, 0) is 0 Å². The first-order valence-corrected chi connectivity index (χ1v) is 5.81. The Bertz CT molecular complexity index is 791. The molecule has 4 nitrogen and oxygen atoms in total. The Morgan fingerprint density at radius 3 is 2.94 bits per heavy atom. The number of fused-ring (bicyclic) bond motifs is 3. The first-order valence-electron chi connectivity index (χ1n) is 4.64. The average Bonchev–Trinajstić information content (AvgIpc) is 2.66. The molecule has 3 rings (SSSR count). The minimum atomic E-state index is 0.0386. The molecule has 17 heavy (non-hydrogen) atoms. The molecule has 0 aliphatic carbocycles. The monoisotopic (exact) mass is 307 g/mol. The summed E-state index contributed by atoms with van der Waals surface area (Å²) in [6.07, 6.45) is 0. The molecule has 6 heteroatoms. The van der Waals surface area contributed by atoms with Gasteiger partial charge in [-0.25, -0.2) is 9.97 Å². The van der Waals surface area contributed by atoms with Gasteiger partial charge >= 0.3 is 0 Å². The Balaban J connectivity index is 2.57. The van der Waals surface area contributed by atoms with E-state index in [-0.39, 0.29) is 11.0 Å². The van der Waals surface area contributed by atoms with Crippen molar-refractivity contribution < 1.29 is 4.42 Å². The summed E-state index contributed by atoms with van der Waals surface area (Å²) in [5.41, 5.74) is 1.71. The Morgan fingerprint density at radius 2 is 2.18 bits per heavy atom. The van der Waals surface area contributed by atoms with Crippen LogP contribution in [0.4, 0.5) is 0 Å². The molecule has 0 aliphatic rings. The molecule has 0 fully saturated rings. The van der Waals surface area contributed by atoms with E-state index < -0.39 is 0 Å². The van der Waals surface area contributed by atoms with Gasteiger partial charge in [0.2, 0.25) is 5.28 Å². The van der Waals surface area contributed by atoms with Gasteiger partial charge in [-0.05, 0) is 29.8 Å². The van der Waals surface area contributed by atoms with Crippen LogP contribution >= 0.6 is 27.5 Å². The van der Waals surface area contributed by atoms with Crippen molar-refractivity contribution in [2.24, 2.45) is 0 Å². The van der Waals surface area contributed by atoms with Crippen LogP contribution in [0, 0.1) is 11.3 Å². The first-order chi connectivity index (χ1) is 8.19. The molecule has 0 aliphatic heterocycles. The second kappa shape index (κ2) is 3.69. The van der Waals surface area contributed by atoms with Gasteiger partial charge in [-0.2, -0.15) is 5.26 Å². The van der Waals surface area contributed by atoms with Crippen LogP contribution in [0.3, 0.4) is 0 Å². The molecular formula is C11H3BrClN3O. The predicted octanol–water partition coefficient (Wildman–Crippen LogP) is 3.66. The van der Waals surface area contributed by atoms with Crippen LogP contribution in [-0.4, -0.2) is 9.97 Å². The molecule has 1 aromatic carbocycles. The van der Waals surface area contributed by atoms with Gasteiger partial charge in [0, 0.05) is 9.86 Å². The van der Waals surface area contributed by atoms with E-state index in [0.717, 1.165) is 9.86 Å². The third-order valence-electron chi connectivity index (χ3n) is 2.35. The summed E-state index contributed by atoms with van der Waals surface area (Å²) in [5.74, 6) is 0. The van der Waals surface area contributed by atoms with Crippen LogP contribution in [0.5, 0.6) is 0 Å². The van der Waals surface area contributed by atoms with Gasteiger partial charge in [0.15, 0.2) is 11.3 Å². The van der Waals surface area contributed by atoms with Crippen LogP contribution in [0.2, 0.25) is 5.28 Å². The third kappa shape index (κ3) is 1.57. The summed E-state index contributed by atoms with van der Waals surface area (Å²) >= 11 is 9.15.